The van der Waals surface area contributed by atoms with E-state index in [4.69, 9.17) is 17.3 Å². The number of aliphatic hydroxyl groups is 1. The van der Waals surface area contributed by atoms with Gasteiger partial charge in [0.15, 0.2) is 5.13 Å². The van der Waals surface area contributed by atoms with Crippen molar-refractivity contribution < 1.29 is 9.50 Å². The highest BCUT2D eigenvalue weighted by Crippen LogP contribution is 2.44. The zero-order valence-corrected chi connectivity index (χ0v) is 22.3. The van der Waals surface area contributed by atoms with Crippen LogP contribution < -0.4 is 31.5 Å². The number of anilines is 2. The topological polar surface area (TPSA) is 109 Å². The number of aliphatic hydroxyl groups excluding tert-OH is 1. The van der Waals surface area contributed by atoms with Crippen LogP contribution in [0.3, 0.4) is 0 Å². The van der Waals surface area contributed by atoms with Gasteiger partial charge in [-0.1, -0.05) is 29.5 Å². The van der Waals surface area contributed by atoms with Gasteiger partial charge in [0.1, 0.15) is 11.6 Å². The molecule has 3 atom stereocenters. The molecule has 12 heteroatoms. The molecule has 0 radical (unpaired) electrons. The van der Waals surface area contributed by atoms with Crippen LogP contribution in [0.5, 0.6) is 0 Å². The van der Waals surface area contributed by atoms with Crippen LogP contribution in [0.4, 0.5) is 15.3 Å². The zero-order valence-electron chi connectivity index (χ0n) is 19.9. The molecule has 0 amide bonds. The third kappa shape index (κ3) is 4.26. The summed E-state index contributed by atoms with van der Waals surface area (Å²) in [6.07, 6.45) is 5.50. The first-order valence-corrected chi connectivity index (χ1v) is 14.4. The summed E-state index contributed by atoms with van der Waals surface area (Å²) in [4.78, 5) is 25.4. The number of benzene rings is 1. The number of thioether (sulfide) groups is 1. The van der Waals surface area contributed by atoms with E-state index in [2.05, 4.69) is 26.8 Å². The SMILES string of the molecule is C=C/C(F)=c1/sc(N)n/c1=C\c1c(Cl)cc2c(N3CC4CCC(C3)N4)nc(=O)n3c2c1SCC3CCO. The Hall–Kier alpha value is -2.44. The van der Waals surface area contributed by atoms with Crippen LogP contribution in [0, 0.1) is 0 Å². The molecule has 8 nitrogen and oxygen atoms in total. The molecule has 194 valence electrons. The number of piperazine rings is 1. The average Bonchev–Trinajstić information content (AvgIpc) is 3.43. The molecule has 3 unspecified atom stereocenters. The van der Waals surface area contributed by atoms with E-state index in [1.165, 1.54) is 0 Å². The molecule has 3 aliphatic rings. The largest absolute Gasteiger partial charge is 0.396 e. The minimum absolute atomic E-state index is 0.0396. The molecule has 3 aliphatic heterocycles. The predicted molar refractivity (Wildman–Crippen MR) is 149 cm³/mol. The summed E-state index contributed by atoms with van der Waals surface area (Å²) in [5.74, 6) is 0.694. The molecule has 1 aromatic carbocycles. The van der Waals surface area contributed by atoms with Gasteiger partial charge in [-0.05, 0) is 37.5 Å². The third-order valence-corrected chi connectivity index (χ3v) is 9.72. The van der Waals surface area contributed by atoms with Gasteiger partial charge in [-0.2, -0.15) is 4.98 Å². The highest BCUT2D eigenvalue weighted by Gasteiger charge is 2.35. The van der Waals surface area contributed by atoms with Crippen molar-refractivity contribution in [1.29, 1.82) is 0 Å². The first kappa shape index (κ1) is 24.9. The first-order chi connectivity index (χ1) is 17.9. The van der Waals surface area contributed by atoms with E-state index >= 15 is 0 Å². The lowest BCUT2D eigenvalue weighted by Crippen LogP contribution is -2.52. The van der Waals surface area contributed by atoms with Gasteiger partial charge in [-0.25, -0.2) is 14.2 Å². The fraction of sp³-hybridized carbons (Fsp3) is 0.400. The number of hydrogen-bond acceptors (Lipinski definition) is 9. The Morgan fingerprint density at radius 2 is 2.11 bits per heavy atom. The van der Waals surface area contributed by atoms with Crippen molar-refractivity contribution in [2.75, 3.05) is 36.1 Å². The number of fused-ring (bicyclic) bond motifs is 2. The van der Waals surface area contributed by atoms with E-state index < -0.39 is 5.83 Å². The molecule has 0 spiro atoms. The minimum atomic E-state index is -0.515. The quantitative estimate of drug-likeness (QED) is 0.435. The van der Waals surface area contributed by atoms with Crippen LogP contribution in [-0.4, -0.2) is 57.2 Å². The zero-order chi connectivity index (χ0) is 25.8. The summed E-state index contributed by atoms with van der Waals surface area (Å²) in [6, 6.07) is 2.38. The van der Waals surface area contributed by atoms with E-state index in [-0.39, 0.29) is 28.0 Å². The van der Waals surface area contributed by atoms with Gasteiger partial charge in [0.25, 0.3) is 0 Å². The lowest BCUT2D eigenvalue weighted by atomic mass is 10.1. The minimum Gasteiger partial charge on any atom is -0.396 e. The Kier molecular flexibility index (Phi) is 6.52. The number of nitrogens with zero attached hydrogens (tertiary/aromatic N) is 4. The average molecular weight is 561 g/mol. The van der Waals surface area contributed by atoms with Crippen LogP contribution in [0.25, 0.3) is 22.8 Å². The van der Waals surface area contributed by atoms with Gasteiger partial charge in [0.05, 0.1) is 21.4 Å². The number of thiazole rings is 1. The van der Waals surface area contributed by atoms with Crippen LogP contribution in [-0.2, 0) is 0 Å². The van der Waals surface area contributed by atoms with Crippen LogP contribution in [0.2, 0.25) is 5.02 Å². The highest BCUT2D eigenvalue weighted by molar-refractivity contribution is 7.99. The van der Waals surface area contributed by atoms with E-state index in [9.17, 15) is 14.3 Å². The van der Waals surface area contributed by atoms with Crippen LogP contribution >= 0.6 is 34.7 Å². The molecule has 4 N–H and O–H groups in total. The van der Waals surface area contributed by atoms with E-state index in [1.807, 2.05) is 6.07 Å². The molecule has 0 saturated carbocycles. The number of aromatic nitrogens is 3. The number of nitrogen functional groups attached to an aromatic ring is 1. The number of nitrogens with two attached hydrogens (primary N) is 1. The second-order valence-electron chi connectivity index (χ2n) is 9.57. The van der Waals surface area contributed by atoms with Crippen molar-refractivity contribution in [2.45, 2.75) is 42.3 Å². The predicted octanol–water partition coefficient (Wildman–Crippen LogP) is 2.15. The van der Waals surface area contributed by atoms with E-state index in [1.54, 1.807) is 22.4 Å². The Labute approximate surface area is 225 Å². The summed E-state index contributed by atoms with van der Waals surface area (Å²) >= 11 is 9.51. The molecule has 0 aliphatic carbocycles. The Bertz CT molecular complexity index is 1590. The van der Waals surface area contributed by atoms with Gasteiger partial charge in [-0.3, -0.25) is 4.57 Å². The van der Waals surface area contributed by atoms with E-state index in [0.717, 1.165) is 59.1 Å². The van der Waals surface area contributed by atoms with Crippen molar-refractivity contribution in [3.8, 4) is 0 Å². The molecule has 37 heavy (non-hydrogen) atoms. The van der Waals surface area contributed by atoms with Crippen LogP contribution in [0.1, 0.15) is 30.9 Å². The lowest BCUT2D eigenvalue weighted by molar-refractivity contribution is 0.263. The maximum Gasteiger partial charge on any atom is 0.350 e. The van der Waals surface area contributed by atoms with Gasteiger partial charge < -0.3 is 21.1 Å². The second-order valence-corrected chi connectivity index (χ2v) is 12.0. The van der Waals surface area contributed by atoms with Crippen molar-refractivity contribution in [3.63, 3.8) is 0 Å². The van der Waals surface area contributed by atoms with Gasteiger partial charge >= 0.3 is 5.69 Å². The maximum atomic E-state index is 14.5. The fourth-order valence-electron chi connectivity index (χ4n) is 5.63. The smallest absolute Gasteiger partial charge is 0.350 e. The summed E-state index contributed by atoms with van der Waals surface area (Å²) in [5, 5.41) is 15.2. The van der Waals surface area contributed by atoms with Crippen molar-refractivity contribution in [2.24, 2.45) is 0 Å². The highest BCUT2D eigenvalue weighted by atomic mass is 35.5. The Morgan fingerprint density at radius 3 is 2.81 bits per heavy atom. The summed E-state index contributed by atoms with van der Waals surface area (Å²) in [5.41, 5.74) is 6.96. The first-order valence-electron chi connectivity index (χ1n) is 12.2. The molecular weight excluding hydrogens is 535 g/mol. The van der Waals surface area contributed by atoms with Crippen LogP contribution in [0.15, 0.2) is 28.4 Å². The standard InChI is InChI=1S/C25H26ClFN6O2S2/c1-2-18(27)22-19(30-24(28)37-22)8-15-17(26)7-16-20-21(15)36-11-14(5-6-34)33(20)25(35)31-23(16)32-9-12-3-4-13(10-32)29-12/h2,7-8,12-14,29,34H,1,3-6,9-11H2,(H2,28,30)/b19-8-,22-18-. The molecular formula is C25H26ClFN6O2S2. The molecule has 2 aromatic heterocycles. The normalized spacial score (nSPS) is 24.1. The number of hydrogen-bond donors (Lipinski definition) is 3. The molecule has 2 bridgehead atoms. The summed E-state index contributed by atoms with van der Waals surface area (Å²) in [6.45, 7) is 5.02. The summed E-state index contributed by atoms with van der Waals surface area (Å²) < 4.78 is 16.5. The maximum absolute atomic E-state index is 14.5. The van der Waals surface area contributed by atoms with Crippen molar-refractivity contribution in [1.82, 2.24) is 19.9 Å². The number of halogens is 2. The van der Waals surface area contributed by atoms with Gasteiger partial charge in [-0.15, -0.1) is 11.8 Å². The van der Waals surface area contributed by atoms with Crippen molar-refractivity contribution in [3.05, 3.63) is 49.7 Å². The monoisotopic (exact) mass is 560 g/mol. The second kappa shape index (κ2) is 9.70. The lowest BCUT2D eigenvalue weighted by Gasteiger charge is -2.36. The number of nitrogens with one attached hydrogen (secondary N) is 1. The van der Waals surface area contributed by atoms with E-state index in [0.29, 0.717) is 46.0 Å². The molecule has 5 heterocycles. The molecule has 3 aromatic rings. The van der Waals surface area contributed by atoms with Gasteiger partial charge in [0.2, 0.25) is 0 Å². The third-order valence-electron chi connectivity index (χ3n) is 7.24. The molecule has 2 fully saturated rings. The summed E-state index contributed by atoms with van der Waals surface area (Å²) in [7, 11) is 0. The number of rotatable bonds is 5. The Morgan fingerprint density at radius 1 is 1.35 bits per heavy atom. The Balaban J connectivity index is 1.64. The number of allylic oxidation sites excluding steroid dienone is 1. The fourth-order valence-corrected chi connectivity index (χ4v) is 8.04. The molecule has 6 rings (SSSR count). The van der Waals surface area contributed by atoms with Gasteiger partial charge in [0, 0.05) is 58.4 Å². The molecule has 2 saturated heterocycles. The van der Waals surface area contributed by atoms with Crippen molar-refractivity contribution >= 4 is 68.5 Å².